The van der Waals surface area contributed by atoms with Crippen molar-refractivity contribution >= 4 is 19.4 Å². The second-order valence-electron chi connectivity index (χ2n) is 9.46. The Hall–Kier alpha value is -2.24. The van der Waals surface area contributed by atoms with E-state index in [9.17, 15) is 5.11 Å². The van der Waals surface area contributed by atoms with Crippen LogP contribution in [0.4, 0.5) is 0 Å². The number of epoxide rings is 1. The molecule has 3 aromatic carbocycles. The van der Waals surface area contributed by atoms with Crippen molar-refractivity contribution in [3.8, 4) is 0 Å². The van der Waals surface area contributed by atoms with Crippen LogP contribution in [0.5, 0.6) is 0 Å². The van der Waals surface area contributed by atoms with Crippen LogP contribution in [-0.2, 0) is 9.16 Å². The van der Waals surface area contributed by atoms with Gasteiger partial charge in [0.15, 0.2) is 0 Å². The molecule has 1 saturated heterocycles. The van der Waals surface area contributed by atoms with Crippen LogP contribution in [-0.4, -0.2) is 26.9 Å². The predicted molar refractivity (Wildman–Crippen MR) is 128 cm³/mol. The highest BCUT2D eigenvalue weighted by Gasteiger charge is 2.32. The van der Waals surface area contributed by atoms with Crippen molar-refractivity contribution in [1.82, 2.24) is 0 Å². The molecule has 1 N–H and O–H groups in total. The fourth-order valence-electron chi connectivity index (χ4n) is 4.01. The Morgan fingerprint density at radius 2 is 1.35 bits per heavy atom. The minimum Gasteiger partial charge on any atom is -0.403 e. The van der Waals surface area contributed by atoms with Crippen molar-refractivity contribution in [3.63, 3.8) is 0 Å². The zero-order valence-corrected chi connectivity index (χ0v) is 19.7. The normalized spacial score (nSPS) is 18.0. The number of ether oxygens (including phenoxy) is 1. The van der Waals surface area contributed by atoms with Crippen molar-refractivity contribution in [1.29, 1.82) is 0 Å². The number of rotatable bonds is 8. The van der Waals surface area contributed by atoms with Gasteiger partial charge in [-0.3, -0.25) is 0 Å². The number of aliphatic hydroxyl groups excluding tert-OH is 1. The molecule has 3 aromatic rings. The molecule has 0 spiro atoms. The van der Waals surface area contributed by atoms with Crippen molar-refractivity contribution in [2.45, 2.75) is 45.5 Å². The summed E-state index contributed by atoms with van der Waals surface area (Å²) in [6, 6.07) is 29.5. The van der Waals surface area contributed by atoms with Crippen molar-refractivity contribution in [3.05, 3.63) is 96.1 Å². The van der Waals surface area contributed by atoms with Gasteiger partial charge in [0.2, 0.25) is 9.04 Å². The average Bonchev–Trinajstić information content (AvgIpc) is 3.59. The molecule has 0 bridgehead atoms. The van der Waals surface area contributed by atoms with Crippen molar-refractivity contribution in [2.75, 3.05) is 6.61 Å². The van der Waals surface area contributed by atoms with Crippen LogP contribution in [0.3, 0.4) is 0 Å². The number of aliphatic hydroxyl groups is 1. The molecule has 0 aliphatic carbocycles. The summed E-state index contributed by atoms with van der Waals surface area (Å²) < 4.78 is 12.3. The molecule has 4 heteroatoms. The van der Waals surface area contributed by atoms with Gasteiger partial charge in [-0.15, -0.1) is 0 Å². The molecule has 4 rings (SSSR count). The number of benzene rings is 3. The highest BCUT2D eigenvalue weighted by Crippen LogP contribution is 2.37. The van der Waals surface area contributed by atoms with Crippen LogP contribution in [0.1, 0.15) is 50.5 Å². The Kier molecular flexibility index (Phi) is 6.73. The largest absolute Gasteiger partial charge is 0.403 e. The predicted octanol–water partition coefficient (Wildman–Crippen LogP) is 4.15. The van der Waals surface area contributed by atoms with Gasteiger partial charge in [-0.1, -0.05) is 106 Å². The van der Waals surface area contributed by atoms with E-state index < -0.39 is 15.1 Å². The summed E-state index contributed by atoms with van der Waals surface area (Å²) in [5.74, 6) is 0. The molecule has 31 heavy (non-hydrogen) atoms. The van der Waals surface area contributed by atoms with Crippen LogP contribution >= 0.6 is 0 Å². The lowest BCUT2D eigenvalue weighted by atomic mass is 9.84. The standard InChI is InChI=1S/C27H32O3Si/c1-27(2,3)26(21-16-14-20(15-17-21)25(28)18-22-19-29-22)30-31(23-10-6-4-7-11-23)24-12-8-5-9-13-24/h4-17,22,25-26,28,31H,18-19H2,1-3H3/t22?,25-,26?/m0/s1. The van der Waals surface area contributed by atoms with Crippen molar-refractivity contribution in [2.24, 2.45) is 5.41 Å². The number of hydrogen-bond donors (Lipinski definition) is 1. The van der Waals surface area contributed by atoms with Gasteiger partial charge in [0.05, 0.1) is 24.9 Å². The fourth-order valence-corrected chi connectivity index (χ4v) is 6.69. The molecule has 1 aliphatic heterocycles. The lowest BCUT2D eigenvalue weighted by molar-refractivity contribution is 0.0895. The summed E-state index contributed by atoms with van der Waals surface area (Å²) in [6.07, 6.45) is 0.341. The Balaban J connectivity index is 1.62. The van der Waals surface area contributed by atoms with E-state index in [-0.39, 0.29) is 17.6 Å². The van der Waals surface area contributed by atoms with Gasteiger partial charge in [0, 0.05) is 6.42 Å². The summed E-state index contributed by atoms with van der Waals surface area (Å²) in [5, 5.41) is 13.0. The summed E-state index contributed by atoms with van der Waals surface area (Å²) in [4.78, 5) is 0. The topological polar surface area (TPSA) is 42.0 Å². The van der Waals surface area contributed by atoms with Crippen LogP contribution in [0.15, 0.2) is 84.9 Å². The first-order valence-electron chi connectivity index (χ1n) is 11.1. The maximum atomic E-state index is 10.5. The minimum absolute atomic E-state index is 0.0532. The first kappa shape index (κ1) is 22.0. The second kappa shape index (κ2) is 9.49. The molecule has 2 unspecified atom stereocenters. The zero-order valence-electron chi connectivity index (χ0n) is 18.6. The number of hydrogen-bond acceptors (Lipinski definition) is 3. The van der Waals surface area contributed by atoms with E-state index in [2.05, 4.69) is 93.6 Å². The van der Waals surface area contributed by atoms with E-state index in [1.165, 1.54) is 10.4 Å². The van der Waals surface area contributed by atoms with E-state index in [1.54, 1.807) is 0 Å². The smallest absolute Gasteiger partial charge is 0.240 e. The molecule has 1 aliphatic rings. The summed E-state index contributed by atoms with van der Waals surface area (Å²) in [6.45, 7) is 7.45. The highest BCUT2D eigenvalue weighted by molar-refractivity contribution is 6.80. The van der Waals surface area contributed by atoms with Gasteiger partial charge in [0.1, 0.15) is 0 Å². The first-order valence-corrected chi connectivity index (χ1v) is 12.7. The molecular formula is C27H32O3Si. The molecule has 0 saturated carbocycles. The van der Waals surface area contributed by atoms with E-state index in [0.717, 1.165) is 17.7 Å². The quantitative estimate of drug-likeness (QED) is 0.429. The first-order chi connectivity index (χ1) is 14.9. The van der Waals surface area contributed by atoms with Crippen LogP contribution in [0.2, 0.25) is 0 Å². The molecule has 3 atom stereocenters. The summed E-state index contributed by atoms with van der Waals surface area (Å²) in [7, 11) is -1.89. The molecular weight excluding hydrogens is 400 g/mol. The second-order valence-corrected chi connectivity index (χ2v) is 11.8. The zero-order chi connectivity index (χ0) is 21.8. The van der Waals surface area contributed by atoms with Gasteiger partial charge in [-0.05, 0) is 26.9 Å². The lowest BCUT2D eigenvalue weighted by Gasteiger charge is -2.35. The van der Waals surface area contributed by atoms with E-state index in [1.807, 2.05) is 12.1 Å². The maximum Gasteiger partial charge on any atom is 0.240 e. The summed E-state index contributed by atoms with van der Waals surface area (Å²) in [5.41, 5.74) is 2.01. The van der Waals surface area contributed by atoms with Crippen LogP contribution in [0, 0.1) is 5.41 Å². The third kappa shape index (κ3) is 5.72. The SMILES string of the molecule is CC(C)(C)C(O[SiH](c1ccccc1)c1ccccc1)c1ccc([C@@H](O)CC2CO2)cc1. The monoisotopic (exact) mass is 432 g/mol. The van der Waals surface area contributed by atoms with E-state index in [4.69, 9.17) is 9.16 Å². The molecule has 3 nitrogen and oxygen atoms in total. The van der Waals surface area contributed by atoms with Gasteiger partial charge >= 0.3 is 0 Å². The van der Waals surface area contributed by atoms with Crippen molar-refractivity contribution < 1.29 is 14.3 Å². The molecule has 1 fully saturated rings. The van der Waals surface area contributed by atoms with E-state index >= 15 is 0 Å². The Bertz CT molecular complexity index is 908. The summed E-state index contributed by atoms with van der Waals surface area (Å²) >= 11 is 0. The third-order valence-electron chi connectivity index (χ3n) is 5.78. The van der Waals surface area contributed by atoms with Crippen LogP contribution < -0.4 is 10.4 Å². The fraction of sp³-hybridized carbons (Fsp3) is 0.333. The minimum atomic E-state index is -1.89. The molecule has 0 amide bonds. The van der Waals surface area contributed by atoms with Gasteiger partial charge < -0.3 is 14.3 Å². The Labute approximate surface area is 187 Å². The molecule has 0 radical (unpaired) electrons. The molecule has 1 heterocycles. The highest BCUT2D eigenvalue weighted by atomic mass is 28.3. The molecule has 0 aromatic heterocycles. The Morgan fingerprint density at radius 1 is 0.871 bits per heavy atom. The van der Waals surface area contributed by atoms with E-state index in [0.29, 0.717) is 6.42 Å². The average molecular weight is 433 g/mol. The Morgan fingerprint density at radius 3 is 1.81 bits per heavy atom. The van der Waals surface area contributed by atoms with Crippen LogP contribution in [0.25, 0.3) is 0 Å². The molecule has 162 valence electrons. The lowest BCUT2D eigenvalue weighted by Crippen LogP contribution is -2.47. The van der Waals surface area contributed by atoms with Gasteiger partial charge in [-0.25, -0.2) is 0 Å². The third-order valence-corrected chi connectivity index (χ3v) is 8.30. The van der Waals surface area contributed by atoms with Gasteiger partial charge in [0.25, 0.3) is 0 Å². The van der Waals surface area contributed by atoms with Gasteiger partial charge in [-0.2, -0.15) is 0 Å². The maximum absolute atomic E-state index is 10.5.